The zero-order valence-electron chi connectivity index (χ0n) is 10.6. The van der Waals surface area contributed by atoms with Gasteiger partial charge in [-0.25, -0.2) is 0 Å². The van der Waals surface area contributed by atoms with E-state index in [0.29, 0.717) is 22.1 Å². The summed E-state index contributed by atoms with van der Waals surface area (Å²) in [5.41, 5.74) is 6.64. The Morgan fingerprint density at radius 1 is 1.47 bits per heavy atom. The molecule has 1 aromatic carbocycles. The SMILES string of the molecule is CCc1nnc(NC(=O)c2ccc(N)c(OC)c2)s1. The Balaban J connectivity index is 2.15. The molecular weight excluding hydrogens is 264 g/mol. The largest absolute Gasteiger partial charge is 0.495 e. The van der Waals surface area contributed by atoms with Gasteiger partial charge in [-0.3, -0.25) is 10.1 Å². The van der Waals surface area contributed by atoms with Crippen LogP contribution in [0.2, 0.25) is 0 Å². The molecule has 0 spiro atoms. The van der Waals surface area contributed by atoms with Gasteiger partial charge in [0.15, 0.2) is 0 Å². The summed E-state index contributed by atoms with van der Waals surface area (Å²) >= 11 is 1.36. The molecule has 0 fully saturated rings. The van der Waals surface area contributed by atoms with Gasteiger partial charge in [-0.2, -0.15) is 0 Å². The van der Waals surface area contributed by atoms with Crippen molar-refractivity contribution in [1.29, 1.82) is 0 Å². The minimum Gasteiger partial charge on any atom is -0.495 e. The lowest BCUT2D eigenvalue weighted by Gasteiger charge is -2.06. The van der Waals surface area contributed by atoms with Gasteiger partial charge < -0.3 is 10.5 Å². The molecule has 7 heteroatoms. The summed E-state index contributed by atoms with van der Waals surface area (Å²) in [7, 11) is 1.51. The zero-order valence-corrected chi connectivity index (χ0v) is 11.5. The number of nitrogen functional groups attached to an aromatic ring is 1. The van der Waals surface area contributed by atoms with E-state index in [2.05, 4.69) is 15.5 Å². The Labute approximate surface area is 114 Å². The molecule has 19 heavy (non-hydrogen) atoms. The van der Waals surface area contributed by atoms with Gasteiger partial charge in [0, 0.05) is 5.56 Å². The van der Waals surface area contributed by atoms with Gasteiger partial charge in [-0.05, 0) is 24.6 Å². The highest BCUT2D eigenvalue weighted by Crippen LogP contribution is 2.23. The van der Waals surface area contributed by atoms with Crippen molar-refractivity contribution in [3.63, 3.8) is 0 Å². The van der Waals surface area contributed by atoms with Crippen molar-refractivity contribution in [2.24, 2.45) is 0 Å². The maximum absolute atomic E-state index is 12.0. The van der Waals surface area contributed by atoms with Crippen LogP contribution in [-0.2, 0) is 6.42 Å². The molecule has 6 nitrogen and oxygen atoms in total. The number of anilines is 2. The Hall–Kier alpha value is -2.15. The average Bonchev–Trinajstić information content (AvgIpc) is 2.86. The van der Waals surface area contributed by atoms with Gasteiger partial charge in [-0.15, -0.1) is 10.2 Å². The van der Waals surface area contributed by atoms with Crippen molar-refractivity contribution in [3.8, 4) is 5.75 Å². The molecular formula is C12H14N4O2S. The molecule has 0 aliphatic heterocycles. The van der Waals surface area contributed by atoms with Gasteiger partial charge in [-0.1, -0.05) is 18.3 Å². The predicted octanol–water partition coefficient (Wildman–Crippen LogP) is 1.94. The number of nitrogens with two attached hydrogens (primary N) is 1. The fourth-order valence-electron chi connectivity index (χ4n) is 1.47. The van der Waals surface area contributed by atoms with Crippen LogP contribution in [0.1, 0.15) is 22.3 Å². The van der Waals surface area contributed by atoms with Crippen LogP contribution in [0.5, 0.6) is 5.75 Å². The highest BCUT2D eigenvalue weighted by atomic mass is 32.1. The van der Waals surface area contributed by atoms with Crippen LogP contribution in [0, 0.1) is 0 Å². The first-order valence-electron chi connectivity index (χ1n) is 5.71. The first kappa shape index (κ1) is 13.3. The lowest BCUT2D eigenvalue weighted by atomic mass is 10.2. The molecule has 3 N–H and O–H groups in total. The van der Waals surface area contributed by atoms with Crippen molar-refractivity contribution in [2.45, 2.75) is 13.3 Å². The highest BCUT2D eigenvalue weighted by Gasteiger charge is 2.11. The third-order valence-electron chi connectivity index (χ3n) is 2.49. The first-order chi connectivity index (χ1) is 9.13. The molecule has 1 heterocycles. The predicted molar refractivity (Wildman–Crippen MR) is 74.6 cm³/mol. The number of nitrogens with one attached hydrogen (secondary N) is 1. The van der Waals surface area contributed by atoms with Gasteiger partial charge in [0.1, 0.15) is 10.8 Å². The fourth-order valence-corrected chi connectivity index (χ4v) is 2.14. The number of carbonyl (C=O) groups is 1. The summed E-state index contributed by atoms with van der Waals surface area (Å²) < 4.78 is 5.08. The van der Waals surface area contributed by atoms with Crippen LogP contribution in [0.25, 0.3) is 0 Å². The molecule has 0 unspecified atom stereocenters. The van der Waals surface area contributed by atoms with Crippen molar-refractivity contribution in [2.75, 3.05) is 18.2 Å². The Morgan fingerprint density at radius 3 is 2.89 bits per heavy atom. The van der Waals surface area contributed by atoms with Crippen LogP contribution in [0.3, 0.4) is 0 Å². The standard InChI is InChI=1S/C12H14N4O2S/c1-3-10-15-16-12(19-10)14-11(17)7-4-5-8(13)9(6-7)18-2/h4-6H,3,13H2,1-2H3,(H,14,16,17). The Kier molecular flexibility index (Phi) is 3.96. The lowest BCUT2D eigenvalue weighted by Crippen LogP contribution is -2.12. The number of carbonyl (C=O) groups excluding carboxylic acids is 1. The first-order valence-corrected chi connectivity index (χ1v) is 6.53. The summed E-state index contributed by atoms with van der Waals surface area (Å²) in [6.07, 6.45) is 0.795. The number of aryl methyl sites for hydroxylation is 1. The molecule has 0 aliphatic rings. The number of benzene rings is 1. The smallest absolute Gasteiger partial charge is 0.257 e. The minimum atomic E-state index is -0.267. The van der Waals surface area contributed by atoms with Gasteiger partial charge in [0.25, 0.3) is 5.91 Å². The van der Waals surface area contributed by atoms with Crippen molar-refractivity contribution in [3.05, 3.63) is 28.8 Å². The van der Waals surface area contributed by atoms with E-state index in [1.807, 2.05) is 6.92 Å². The van der Waals surface area contributed by atoms with Crippen LogP contribution in [0.15, 0.2) is 18.2 Å². The Morgan fingerprint density at radius 2 is 2.26 bits per heavy atom. The molecule has 0 atom stereocenters. The topological polar surface area (TPSA) is 90.1 Å². The number of amides is 1. The maximum atomic E-state index is 12.0. The summed E-state index contributed by atoms with van der Waals surface area (Å²) in [6.45, 7) is 1.98. The van der Waals surface area contributed by atoms with E-state index in [1.54, 1.807) is 18.2 Å². The molecule has 0 saturated carbocycles. The van der Waals surface area contributed by atoms with E-state index in [4.69, 9.17) is 10.5 Å². The second-order valence-corrected chi connectivity index (χ2v) is 4.83. The molecule has 2 rings (SSSR count). The molecule has 2 aromatic rings. The second-order valence-electron chi connectivity index (χ2n) is 3.77. The normalized spacial score (nSPS) is 10.2. The number of ether oxygens (including phenoxy) is 1. The van der Waals surface area contributed by atoms with E-state index >= 15 is 0 Å². The summed E-state index contributed by atoms with van der Waals surface area (Å²) in [5.74, 6) is 0.205. The average molecular weight is 278 g/mol. The van der Waals surface area contributed by atoms with Crippen LogP contribution < -0.4 is 15.8 Å². The molecule has 1 amide bonds. The maximum Gasteiger partial charge on any atom is 0.257 e. The van der Waals surface area contributed by atoms with Gasteiger partial charge >= 0.3 is 0 Å². The van der Waals surface area contributed by atoms with Crippen LogP contribution in [0.4, 0.5) is 10.8 Å². The third-order valence-corrected chi connectivity index (χ3v) is 3.47. The molecule has 100 valence electrons. The molecule has 0 bridgehead atoms. The molecule has 0 radical (unpaired) electrons. The van der Waals surface area contributed by atoms with E-state index < -0.39 is 0 Å². The fraction of sp³-hybridized carbons (Fsp3) is 0.250. The lowest BCUT2D eigenvalue weighted by molar-refractivity contribution is 0.102. The van der Waals surface area contributed by atoms with E-state index in [0.717, 1.165) is 11.4 Å². The number of hydrogen-bond donors (Lipinski definition) is 2. The molecule has 1 aromatic heterocycles. The van der Waals surface area contributed by atoms with Crippen LogP contribution >= 0.6 is 11.3 Å². The number of rotatable bonds is 4. The van der Waals surface area contributed by atoms with E-state index in [9.17, 15) is 4.79 Å². The molecule has 0 aliphatic carbocycles. The van der Waals surface area contributed by atoms with E-state index in [-0.39, 0.29) is 5.91 Å². The quantitative estimate of drug-likeness (QED) is 0.834. The van der Waals surface area contributed by atoms with Gasteiger partial charge in [0.2, 0.25) is 5.13 Å². The van der Waals surface area contributed by atoms with Gasteiger partial charge in [0.05, 0.1) is 12.8 Å². The Bertz CT molecular complexity index is 597. The summed E-state index contributed by atoms with van der Waals surface area (Å²) in [5, 5.41) is 11.9. The monoisotopic (exact) mass is 278 g/mol. The minimum absolute atomic E-state index is 0.267. The number of methoxy groups -OCH3 is 1. The summed E-state index contributed by atoms with van der Waals surface area (Å²) in [6, 6.07) is 4.85. The highest BCUT2D eigenvalue weighted by molar-refractivity contribution is 7.15. The van der Waals surface area contributed by atoms with Crippen molar-refractivity contribution in [1.82, 2.24) is 10.2 Å². The van der Waals surface area contributed by atoms with Crippen molar-refractivity contribution >= 4 is 28.1 Å². The van der Waals surface area contributed by atoms with Crippen LogP contribution in [-0.4, -0.2) is 23.2 Å². The van der Waals surface area contributed by atoms with Crippen molar-refractivity contribution < 1.29 is 9.53 Å². The number of hydrogen-bond acceptors (Lipinski definition) is 6. The van der Waals surface area contributed by atoms with E-state index in [1.165, 1.54) is 18.4 Å². The third kappa shape index (κ3) is 3.00. The number of aromatic nitrogens is 2. The second kappa shape index (κ2) is 5.66. The molecule has 0 saturated heterocycles. The zero-order chi connectivity index (χ0) is 13.8. The number of nitrogens with zero attached hydrogens (tertiary/aromatic N) is 2. The summed E-state index contributed by atoms with van der Waals surface area (Å²) in [4.78, 5) is 12.0.